The van der Waals surface area contributed by atoms with Gasteiger partial charge in [-0.05, 0) is 32.4 Å². The largest absolute Gasteiger partial charge is 0.461 e. The fourth-order valence-electron chi connectivity index (χ4n) is 1.94. The number of nitrogens with zero attached hydrogens (tertiary/aromatic N) is 1. The van der Waals surface area contributed by atoms with Gasteiger partial charge < -0.3 is 9.64 Å². The molecule has 0 bridgehead atoms. The highest BCUT2D eigenvalue weighted by Crippen LogP contribution is 2.24. The van der Waals surface area contributed by atoms with Crippen molar-refractivity contribution in [2.75, 3.05) is 26.2 Å². The van der Waals surface area contributed by atoms with Crippen LogP contribution < -0.4 is 0 Å². The van der Waals surface area contributed by atoms with E-state index in [1.807, 2.05) is 6.08 Å². The van der Waals surface area contributed by atoms with Crippen LogP contribution in [-0.2, 0) is 9.53 Å². The van der Waals surface area contributed by atoms with E-state index in [1.165, 1.54) is 0 Å². The second-order valence-corrected chi connectivity index (χ2v) is 4.75. The van der Waals surface area contributed by atoms with E-state index in [0.29, 0.717) is 12.2 Å². The van der Waals surface area contributed by atoms with Crippen LogP contribution in [0.15, 0.2) is 11.6 Å². The lowest BCUT2D eigenvalue weighted by Crippen LogP contribution is -2.29. The molecule has 0 spiro atoms. The molecule has 0 aromatic heterocycles. The quantitative estimate of drug-likeness (QED) is 0.542. The number of alkyl halides is 1. The van der Waals surface area contributed by atoms with Crippen LogP contribution >= 0.6 is 11.6 Å². The van der Waals surface area contributed by atoms with Crippen LogP contribution in [0.3, 0.4) is 0 Å². The highest BCUT2D eigenvalue weighted by molar-refractivity contribution is 6.25. The zero-order valence-electron chi connectivity index (χ0n) is 10.7. The predicted octanol–water partition coefficient (Wildman–Crippen LogP) is 2.59. The third kappa shape index (κ3) is 4.68. The Morgan fingerprint density at radius 3 is 2.82 bits per heavy atom. The van der Waals surface area contributed by atoms with Gasteiger partial charge in [-0.1, -0.05) is 19.9 Å². The smallest absolute Gasteiger partial charge is 0.335 e. The maximum Gasteiger partial charge on any atom is 0.335 e. The molecule has 1 atom stereocenters. The van der Waals surface area contributed by atoms with Crippen LogP contribution in [-0.4, -0.2) is 42.5 Å². The summed E-state index contributed by atoms with van der Waals surface area (Å²) in [4.78, 5) is 14.0. The summed E-state index contributed by atoms with van der Waals surface area (Å²) in [5.74, 6) is -0.239. The molecule has 1 aliphatic rings. The first-order valence-corrected chi connectivity index (χ1v) is 6.86. The normalized spacial score (nSPS) is 20.2. The summed E-state index contributed by atoms with van der Waals surface area (Å²) in [6.07, 6.45) is 4.79. The number of hydrogen-bond donors (Lipinski definition) is 0. The fraction of sp³-hybridized carbons (Fsp3) is 0.769. The molecule has 3 nitrogen and oxygen atoms in total. The van der Waals surface area contributed by atoms with Crippen LogP contribution in [0.4, 0.5) is 0 Å². The molecule has 0 amide bonds. The molecule has 0 aliphatic heterocycles. The lowest BCUT2D eigenvalue weighted by atomic mass is 9.99. The lowest BCUT2D eigenvalue weighted by Gasteiger charge is -2.20. The van der Waals surface area contributed by atoms with E-state index in [2.05, 4.69) is 18.7 Å². The molecule has 1 rings (SSSR count). The molecule has 0 saturated heterocycles. The number of rotatable bonds is 6. The van der Waals surface area contributed by atoms with Gasteiger partial charge in [0.2, 0.25) is 0 Å². The summed E-state index contributed by atoms with van der Waals surface area (Å²) >= 11 is 6.09. The SMILES string of the molecule is CCN(CC)CCOC(=O)C1=CCCCC1Cl. The molecule has 0 heterocycles. The average Bonchev–Trinajstić information content (AvgIpc) is 2.35. The van der Waals surface area contributed by atoms with Crippen molar-refractivity contribution in [3.05, 3.63) is 11.6 Å². The van der Waals surface area contributed by atoms with E-state index in [0.717, 1.165) is 38.9 Å². The first kappa shape index (κ1) is 14.5. The Morgan fingerprint density at radius 2 is 2.24 bits per heavy atom. The second-order valence-electron chi connectivity index (χ2n) is 4.22. The van der Waals surface area contributed by atoms with Crippen LogP contribution in [0.2, 0.25) is 0 Å². The number of carbonyl (C=O) groups is 1. The molecule has 1 aliphatic carbocycles. The van der Waals surface area contributed by atoms with Gasteiger partial charge in [0.1, 0.15) is 6.61 Å². The van der Waals surface area contributed by atoms with Gasteiger partial charge in [0.25, 0.3) is 0 Å². The van der Waals surface area contributed by atoms with Gasteiger partial charge in [-0.15, -0.1) is 11.6 Å². The van der Waals surface area contributed by atoms with E-state index < -0.39 is 0 Å². The summed E-state index contributed by atoms with van der Waals surface area (Å²) in [6, 6.07) is 0. The molecule has 0 aromatic carbocycles. The minimum Gasteiger partial charge on any atom is -0.461 e. The van der Waals surface area contributed by atoms with Crippen LogP contribution in [0.1, 0.15) is 33.1 Å². The Hall–Kier alpha value is -0.540. The number of halogens is 1. The van der Waals surface area contributed by atoms with Crippen molar-refractivity contribution in [1.82, 2.24) is 4.90 Å². The first-order chi connectivity index (χ1) is 8.19. The van der Waals surface area contributed by atoms with Crippen molar-refractivity contribution in [2.45, 2.75) is 38.5 Å². The van der Waals surface area contributed by atoms with Crippen molar-refractivity contribution in [3.8, 4) is 0 Å². The molecule has 17 heavy (non-hydrogen) atoms. The molecule has 1 unspecified atom stereocenters. The Balaban J connectivity index is 2.32. The van der Waals surface area contributed by atoms with Crippen molar-refractivity contribution in [2.24, 2.45) is 0 Å². The van der Waals surface area contributed by atoms with E-state index in [-0.39, 0.29) is 11.3 Å². The molecule has 0 saturated carbocycles. The third-order valence-corrected chi connectivity index (χ3v) is 3.59. The van der Waals surface area contributed by atoms with Gasteiger partial charge in [-0.2, -0.15) is 0 Å². The summed E-state index contributed by atoms with van der Waals surface area (Å²) < 4.78 is 5.25. The van der Waals surface area contributed by atoms with Crippen LogP contribution in [0, 0.1) is 0 Å². The van der Waals surface area contributed by atoms with Crippen molar-refractivity contribution < 1.29 is 9.53 Å². The topological polar surface area (TPSA) is 29.5 Å². The second kappa shape index (κ2) is 7.72. The standard InChI is InChI=1S/C13H22ClNO2/c1-3-15(4-2)9-10-17-13(16)11-7-5-6-8-12(11)14/h7,12H,3-6,8-10H2,1-2H3. The minimum absolute atomic E-state index is 0.162. The molecule has 0 N–H and O–H groups in total. The van der Waals surface area contributed by atoms with E-state index in [1.54, 1.807) is 0 Å². The van der Waals surface area contributed by atoms with Gasteiger partial charge >= 0.3 is 5.97 Å². The lowest BCUT2D eigenvalue weighted by molar-refractivity contribution is -0.139. The molecular weight excluding hydrogens is 238 g/mol. The maximum atomic E-state index is 11.8. The molecule has 0 radical (unpaired) electrons. The molecule has 4 heteroatoms. The Kier molecular flexibility index (Phi) is 6.60. The Bertz CT molecular complexity index is 275. The minimum atomic E-state index is -0.239. The number of ether oxygens (including phenoxy) is 1. The number of esters is 1. The highest BCUT2D eigenvalue weighted by atomic mass is 35.5. The number of allylic oxidation sites excluding steroid dienone is 1. The predicted molar refractivity (Wildman–Crippen MR) is 70.3 cm³/mol. The molecule has 0 fully saturated rings. The third-order valence-electron chi connectivity index (χ3n) is 3.13. The summed E-state index contributed by atoms with van der Waals surface area (Å²) in [6.45, 7) is 7.40. The molecular formula is C13H22ClNO2. The van der Waals surface area contributed by atoms with E-state index in [9.17, 15) is 4.79 Å². The van der Waals surface area contributed by atoms with Crippen LogP contribution in [0.25, 0.3) is 0 Å². The summed E-state index contributed by atoms with van der Waals surface area (Å²) in [5, 5.41) is -0.162. The van der Waals surface area contributed by atoms with Gasteiger partial charge in [0, 0.05) is 6.54 Å². The molecule has 0 aromatic rings. The average molecular weight is 260 g/mol. The van der Waals surface area contributed by atoms with Crippen molar-refractivity contribution in [1.29, 1.82) is 0 Å². The zero-order chi connectivity index (χ0) is 12.7. The first-order valence-electron chi connectivity index (χ1n) is 6.42. The highest BCUT2D eigenvalue weighted by Gasteiger charge is 2.22. The number of hydrogen-bond acceptors (Lipinski definition) is 3. The Labute approximate surface area is 109 Å². The van der Waals surface area contributed by atoms with E-state index >= 15 is 0 Å². The summed E-state index contributed by atoms with van der Waals surface area (Å²) in [7, 11) is 0. The van der Waals surface area contributed by atoms with Crippen molar-refractivity contribution >= 4 is 17.6 Å². The Morgan fingerprint density at radius 1 is 1.53 bits per heavy atom. The zero-order valence-corrected chi connectivity index (χ0v) is 11.5. The van der Waals surface area contributed by atoms with Gasteiger partial charge in [0.05, 0.1) is 11.0 Å². The summed E-state index contributed by atoms with van der Waals surface area (Å²) in [5.41, 5.74) is 0.650. The van der Waals surface area contributed by atoms with Gasteiger partial charge in [0.15, 0.2) is 0 Å². The van der Waals surface area contributed by atoms with Gasteiger partial charge in [-0.3, -0.25) is 0 Å². The van der Waals surface area contributed by atoms with Crippen LogP contribution in [0.5, 0.6) is 0 Å². The molecule has 98 valence electrons. The van der Waals surface area contributed by atoms with Gasteiger partial charge in [-0.25, -0.2) is 4.79 Å². The fourth-order valence-corrected chi connectivity index (χ4v) is 2.27. The van der Waals surface area contributed by atoms with Crippen molar-refractivity contribution in [3.63, 3.8) is 0 Å². The maximum absolute atomic E-state index is 11.8. The van der Waals surface area contributed by atoms with E-state index in [4.69, 9.17) is 16.3 Å². The number of carbonyl (C=O) groups excluding carboxylic acids is 1. The monoisotopic (exact) mass is 259 g/mol. The number of likely N-dealkylation sites (N-methyl/N-ethyl adjacent to an activating group) is 1.